The van der Waals surface area contributed by atoms with Crippen molar-refractivity contribution in [2.24, 2.45) is 0 Å². The van der Waals surface area contributed by atoms with Crippen LogP contribution >= 0.6 is 11.3 Å². The molecule has 1 aliphatic heterocycles. The summed E-state index contributed by atoms with van der Waals surface area (Å²) in [7, 11) is 0. The van der Waals surface area contributed by atoms with Gasteiger partial charge < -0.3 is 5.73 Å². The fraction of sp³-hybridized carbons (Fsp3) is 0.263. The second-order valence-corrected chi connectivity index (χ2v) is 7.20. The lowest BCUT2D eigenvalue weighted by molar-refractivity contribution is 0.318. The number of hydrogen-bond acceptors (Lipinski definition) is 5. The zero-order valence-corrected chi connectivity index (χ0v) is 14.3. The minimum absolute atomic E-state index is 0.707. The minimum atomic E-state index is 0.707. The predicted octanol–water partition coefficient (Wildman–Crippen LogP) is 3.39. The van der Waals surface area contributed by atoms with Crippen LogP contribution in [0, 0.1) is 0 Å². The maximum absolute atomic E-state index is 5.81. The lowest BCUT2D eigenvalue weighted by Gasteiger charge is -2.17. The van der Waals surface area contributed by atoms with Gasteiger partial charge in [-0.05, 0) is 24.1 Å². The van der Waals surface area contributed by atoms with E-state index >= 15 is 0 Å². The van der Waals surface area contributed by atoms with Gasteiger partial charge in [0.25, 0.3) is 0 Å². The average molecular weight is 336 g/mol. The second kappa shape index (κ2) is 6.71. The van der Waals surface area contributed by atoms with Crippen molar-refractivity contribution in [2.75, 3.05) is 25.4 Å². The summed E-state index contributed by atoms with van der Waals surface area (Å²) in [5.41, 5.74) is 9.25. The third-order valence-corrected chi connectivity index (χ3v) is 5.41. The molecule has 0 aliphatic carbocycles. The number of rotatable bonds is 3. The van der Waals surface area contributed by atoms with Gasteiger partial charge in [-0.25, -0.2) is 4.98 Å². The van der Waals surface area contributed by atoms with Crippen LogP contribution in [0.3, 0.4) is 0 Å². The molecule has 24 heavy (non-hydrogen) atoms. The number of nitrogens with zero attached hydrogens (tertiary/aromatic N) is 3. The summed E-state index contributed by atoms with van der Waals surface area (Å²) in [4.78, 5) is 12.7. The van der Waals surface area contributed by atoms with E-state index in [0.717, 1.165) is 38.0 Å². The topological polar surface area (TPSA) is 55.0 Å². The molecule has 122 valence electrons. The van der Waals surface area contributed by atoms with Gasteiger partial charge in [0.05, 0.1) is 11.2 Å². The van der Waals surface area contributed by atoms with Crippen LogP contribution in [0.4, 0.5) is 5.13 Å². The van der Waals surface area contributed by atoms with E-state index in [1.165, 1.54) is 21.5 Å². The predicted molar refractivity (Wildman–Crippen MR) is 101 cm³/mol. The van der Waals surface area contributed by atoms with Crippen LogP contribution in [0.25, 0.3) is 17.0 Å². The number of hydrogen-bond donors (Lipinski definition) is 1. The highest BCUT2D eigenvalue weighted by molar-refractivity contribution is 7.15. The van der Waals surface area contributed by atoms with E-state index < -0.39 is 0 Å². The van der Waals surface area contributed by atoms with Gasteiger partial charge in [0, 0.05) is 42.5 Å². The van der Waals surface area contributed by atoms with Gasteiger partial charge in [0.1, 0.15) is 0 Å². The monoisotopic (exact) mass is 336 g/mol. The largest absolute Gasteiger partial charge is 0.375 e. The van der Waals surface area contributed by atoms with Crippen molar-refractivity contribution in [2.45, 2.75) is 12.8 Å². The van der Waals surface area contributed by atoms with Crippen LogP contribution in [0.5, 0.6) is 0 Å². The first-order valence-electron chi connectivity index (χ1n) is 8.26. The van der Waals surface area contributed by atoms with E-state index in [2.05, 4.69) is 51.3 Å². The summed E-state index contributed by atoms with van der Waals surface area (Å²) in [5, 5.41) is 1.89. The van der Waals surface area contributed by atoms with E-state index in [4.69, 9.17) is 5.73 Å². The number of pyridine rings is 1. The molecule has 1 aromatic carbocycles. The maximum Gasteiger partial charge on any atom is 0.180 e. The summed E-state index contributed by atoms with van der Waals surface area (Å²) < 4.78 is 0. The number of fused-ring (bicyclic) bond motifs is 2. The highest BCUT2D eigenvalue weighted by Gasteiger charge is 2.16. The maximum atomic E-state index is 5.81. The molecule has 1 aliphatic rings. The normalized spacial score (nSPS) is 15.7. The first kappa shape index (κ1) is 15.3. The number of thiazole rings is 1. The molecule has 2 aromatic heterocycles. The summed E-state index contributed by atoms with van der Waals surface area (Å²) in [6, 6.07) is 10.5. The molecule has 0 bridgehead atoms. The third-order valence-electron chi connectivity index (χ3n) is 4.42. The van der Waals surface area contributed by atoms with E-state index in [-0.39, 0.29) is 0 Å². The Morgan fingerprint density at radius 1 is 1.21 bits per heavy atom. The molecule has 4 rings (SSSR count). The molecule has 3 aromatic rings. The smallest absolute Gasteiger partial charge is 0.180 e. The van der Waals surface area contributed by atoms with Gasteiger partial charge in [-0.15, -0.1) is 11.3 Å². The molecular weight excluding hydrogens is 316 g/mol. The number of anilines is 1. The van der Waals surface area contributed by atoms with Crippen molar-refractivity contribution < 1.29 is 0 Å². The Balaban J connectivity index is 1.39. The molecule has 0 saturated carbocycles. The lowest BCUT2D eigenvalue weighted by atomic mass is 10.1. The van der Waals surface area contributed by atoms with Crippen molar-refractivity contribution in [3.63, 3.8) is 0 Å². The van der Waals surface area contributed by atoms with Gasteiger partial charge in [-0.2, -0.15) is 0 Å². The van der Waals surface area contributed by atoms with Crippen molar-refractivity contribution in [3.05, 3.63) is 58.7 Å². The van der Waals surface area contributed by atoms with Crippen molar-refractivity contribution in [1.82, 2.24) is 14.9 Å². The third kappa shape index (κ3) is 3.32. The Labute approximate surface area is 145 Å². The van der Waals surface area contributed by atoms with Crippen LogP contribution in [0.15, 0.2) is 42.6 Å². The van der Waals surface area contributed by atoms with Crippen molar-refractivity contribution in [3.8, 4) is 0 Å². The van der Waals surface area contributed by atoms with Crippen LogP contribution in [0.2, 0.25) is 0 Å². The van der Waals surface area contributed by atoms with Crippen LogP contribution in [-0.4, -0.2) is 34.5 Å². The molecule has 0 spiro atoms. The van der Waals surface area contributed by atoms with Gasteiger partial charge in [0.15, 0.2) is 5.13 Å². The number of aromatic nitrogens is 2. The Kier molecular flexibility index (Phi) is 4.28. The van der Waals surface area contributed by atoms with E-state index in [1.807, 2.05) is 12.3 Å². The number of nitrogen functional groups attached to an aromatic ring is 1. The summed E-state index contributed by atoms with van der Waals surface area (Å²) in [6.07, 6.45) is 8.32. The number of benzene rings is 1. The molecule has 0 radical (unpaired) electrons. The van der Waals surface area contributed by atoms with Crippen molar-refractivity contribution >= 4 is 33.4 Å². The quantitative estimate of drug-likeness (QED) is 0.796. The standard InChI is InChI=1S/C19H20N4S/c20-19-22-16-7-11-23(12-8-18(16)24-19)10-2-3-14-5-6-15-4-1-9-21-17(15)13-14/h1-6,9,13H,7-8,10-12H2,(H2,20,22). The zero-order chi connectivity index (χ0) is 16.4. The zero-order valence-electron chi connectivity index (χ0n) is 13.5. The van der Waals surface area contributed by atoms with Gasteiger partial charge >= 0.3 is 0 Å². The fourth-order valence-electron chi connectivity index (χ4n) is 3.14. The van der Waals surface area contributed by atoms with Crippen LogP contribution < -0.4 is 5.73 Å². The van der Waals surface area contributed by atoms with Crippen LogP contribution in [-0.2, 0) is 12.8 Å². The summed E-state index contributed by atoms with van der Waals surface area (Å²) in [6.45, 7) is 3.07. The SMILES string of the molecule is Nc1nc2c(s1)CCN(CC=Cc1ccc3cccnc3c1)CC2. The molecule has 0 fully saturated rings. The van der Waals surface area contributed by atoms with E-state index in [0.29, 0.717) is 5.13 Å². The molecule has 3 heterocycles. The van der Waals surface area contributed by atoms with E-state index in [9.17, 15) is 0 Å². The molecule has 5 heteroatoms. The second-order valence-electron chi connectivity index (χ2n) is 6.08. The van der Waals surface area contributed by atoms with Gasteiger partial charge in [0.2, 0.25) is 0 Å². The Hall–Kier alpha value is -2.24. The van der Waals surface area contributed by atoms with Gasteiger partial charge in [-0.1, -0.05) is 30.4 Å². The van der Waals surface area contributed by atoms with E-state index in [1.54, 1.807) is 11.3 Å². The Bertz CT molecular complexity index is 858. The minimum Gasteiger partial charge on any atom is -0.375 e. The molecule has 0 saturated heterocycles. The molecule has 0 amide bonds. The highest BCUT2D eigenvalue weighted by atomic mass is 32.1. The molecule has 0 unspecified atom stereocenters. The Morgan fingerprint density at radius 2 is 2.12 bits per heavy atom. The van der Waals surface area contributed by atoms with Gasteiger partial charge in [-0.3, -0.25) is 9.88 Å². The first-order valence-corrected chi connectivity index (χ1v) is 9.07. The molecule has 4 nitrogen and oxygen atoms in total. The summed E-state index contributed by atoms with van der Waals surface area (Å²) in [5.74, 6) is 0. The number of nitrogens with two attached hydrogens (primary N) is 1. The summed E-state index contributed by atoms with van der Waals surface area (Å²) >= 11 is 1.64. The molecular formula is C19H20N4S. The Morgan fingerprint density at radius 3 is 3.08 bits per heavy atom. The first-order chi connectivity index (χ1) is 11.8. The molecule has 2 N–H and O–H groups in total. The molecule has 0 atom stereocenters. The fourth-order valence-corrected chi connectivity index (χ4v) is 4.00. The highest BCUT2D eigenvalue weighted by Crippen LogP contribution is 2.24. The van der Waals surface area contributed by atoms with Crippen LogP contribution in [0.1, 0.15) is 16.1 Å². The lowest BCUT2D eigenvalue weighted by Crippen LogP contribution is -2.26. The van der Waals surface area contributed by atoms with Crippen molar-refractivity contribution in [1.29, 1.82) is 0 Å². The average Bonchev–Trinajstić information content (AvgIpc) is 2.86.